The third kappa shape index (κ3) is 5.25. The molecule has 2 aliphatic heterocycles. The molecular weight excluding hydrogens is 328 g/mol. The van der Waals surface area contributed by atoms with Crippen molar-refractivity contribution in [3.63, 3.8) is 0 Å². The van der Waals surface area contributed by atoms with Crippen molar-refractivity contribution in [3.8, 4) is 0 Å². The van der Waals surface area contributed by atoms with E-state index in [1.807, 2.05) is 6.07 Å². The van der Waals surface area contributed by atoms with Gasteiger partial charge in [-0.05, 0) is 25.5 Å². The van der Waals surface area contributed by atoms with E-state index in [0.717, 1.165) is 25.1 Å². The van der Waals surface area contributed by atoms with Gasteiger partial charge < -0.3 is 19.8 Å². The van der Waals surface area contributed by atoms with Gasteiger partial charge in [0.2, 0.25) is 0 Å². The maximum Gasteiger partial charge on any atom is 0.290 e. The van der Waals surface area contributed by atoms with Crippen LogP contribution in [0.4, 0.5) is 0 Å². The molecule has 1 aromatic rings. The van der Waals surface area contributed by atoms with Gasteiger partial charge in [0, 0.05) is 19.6 Å². The molecule has 0 aliphatic carbocycles. The molecule has 0 spiro atoms. The van der Waals surface area contributed by atoms with Crippen LogP contribution in [-0.4, -0.2) is 88.6 Å². The Kier molecular flexibility index (Phi) is 7.83. The number of rotatable bonds is 4. The van der Waals surface area contributed by atoms with Gasteiger partial charge in [-0.3, -0.25) is 19.6 Å². The summed E-state index contributed by atoms with van der Waals surface area (Å²) in [6, 6.07) is 2.10. The number of aliphatic hydroxyl groups is 1. The molecule has 3 rings (SSSR count). The number of aromatic amines is 1. The zero-order valence-corrected chi connectivity index (χ0v) is 14.3. The summed E-state index contributed by atoms with van der Waals surface area (Å²) in [5, 5.41) is 23.3. The molecule has 2 fully saturated rings. The van der Waals surface area contributed by atoms with Gasteiger partial charge in [0.25, 0.3) is 12.4 Å². The lowest BCUT2D eigenvalue weighted by atomic mass is 9.99. The number of morpholine rings is 1. The Morgan fingerprint density at radius 1 is 1.36 bits per heavy atom. The molecule has 0 bridgehead atoms. The van der Waals surface area contributed by atoms with Gasteiger partial charge in [-0.25, -0.2) is 0 Å². The topological polar surface area (TPSA) is 119 Å². The molecule has 9 heteroatoms. The molecule has 2 aliphatic rings. The highest BCUT2D eigenvalue weighted by Gasteiger charge is 2.27. The van der Waals surface area contributed by atoms with Gasteiger partial charge in [-0.1, -0.05) is 6.42 Å². The lowest BCUT2D eigenvalue weighted by Crippen LogP contribution is -2.40. The first kappa shape index (κ1) is 19.4. The molecule has 0 radical (unpaired) electrons. The maximum absolute atomic E-state index is 12.4. The summed E-state index contributed by atoms with van der Waals surface area (Å²) in [5.41, 5.74) is 1.45. The summed E-state index contributed by atoms with van der Waals surface area (Å²) >= 11 is 0. The minimum atomic E-state index is -0.250. The maximum atomic E-state index is 12.4. The average Bonchev–Trinajstić information content (AvgIpc) is 3.13. The van der Waals surface area contributed by atoms with Crippen molar-refractivity contribution in [1.82, 2.24) is 20.0 Å². The number of amides is 1. The Balaban J connectivity index is 0.000000701. The van der Waals surface area contributed by atoms with Crippen LogP contribution in [0.25, 0.3) is 0 Å². The summed E-state index contributed by atoms with van der Waals surface area (Å²) in [6.45, 7) is 3.99. The normalized spacial score (nSPS) is 21.3. The van der Waals surface area contributed by atoms with Gasteiger partial charge in [0.15, 0.2) is 0 Å². The van der Waals surface area contributed by atoms with Crippen LogP contribution in [0.2, 0.25) is 0 Å². The predicted molar refractivity (Wildman–Crippen MR) is 89.3 cm³/mol. The molecular formula is C16H26N4O5. The Hall–Kier alpha value is -1.97. The van der Waals surface area contributed by atoms with Crippen LogP contribution in [0.3, 0.4) is 0 Å². The van der Waals surface area contributed by atoms with Gasteiger partial charge in [0.1, 0.15) is 5.69 Å². The Morgan fingerprint density at radius 3 is 2.76 bits per heavy atom. The van der Waals surface area contributed by atoms with Gasteiger partial charge in [-0.15, -0.1) is 0 Å². The van der Waals surface area contributed by atoms with Crippen LogP contribution < -0.4 is 0 Å². The zero-order valence-electron chi connectivity index (χ0n) is 14.3. The molecule has 2 saturated heterocycles. The first-order valence-electron chi connectivity index (χ1n) is 8.56. The molecule has 0 saturated carbocycles. The van der Waals surface area contributed by atoms with Crippen molar-refractivity contribution in [2.24, 2.45) is 0 Å². The lowest BCUT2D eigenvalue weighted by Gasteiger charge is -2.34. The van der Waals surface area contributed by atoms with Crippen molar-refractivity contribution in [3.05, 3.63) is 17.5 Å². The minimum Gasteiger partial charge on any atom is -0.483 e. The molecule has 9 nitrogen and oxygen atoms in total. The number of aromatic nitrogens is 2. The number of carbonyl (C=O) groups is 2. The highest BCUT2D eigenvalue weighted by Crippen LogP contribution is 2.29. The van der Waals surface area contributed by atoms with E-state index < -0.39 is 0 Å². The number of ether oxygens (including phenoxy) is 1. The van der Waals surface area contributed by atoms with E-state index in [0.29, 0.717) is 38.5 Å². The van der Waals surface area contributed by atoms with E-state index in [-0.39, 0.29) is 25.0 Å². The molecule has 140 valence electrons. The molecule has 1 unspecified atom stereocenters. The quantitative estimate of drug-likeness (QED) is 0.656. The SMILES string of the molecule is O=C(c1cc(C2CCCCN2CCO)[nH]n1)N1CCOCC1.O=CO. The van der Waals surface area contributed by atoms with Crippen LogP contribution in [0.5, 0.6) is 0 Å². The van der Waals surface area contributed by atoms with Crippen molar-refractivity contribution >= 4 is 12.4 Å². The molecule has 25 heavy (non-hydrogen) atoms. The average molecular weight is 354 g/mol. The van der Waals surface area contributed by atoms with Crippen molar-refractivity contribution in [1.29, 1.82) is 0 Å². The Morgan fingerprint density at radius 2 is 2.08 bits per heavy atom. The first-order valence-corrected chi connectivity index (χ1v) is 8.56. The predicted octanol–water partition coefficient (Wildman–Crippen LogP) is 0.102. The second-order valence-corrected chi connectivity index (χ2v) is 5.99. The standard InChI is InChI=1S/C15H24N4O3.CH2O2/c20-8-5-18-4-2-1-3-14(18)12-11-13(17-16-12)15(21)19-6-9-22-10-7-19;2-1-3/h11,14,20H,1-10H2,(H,16,17);1H,(H,2,3). The third-order valence-corrected chi connectivity index (χ3v) is 4.47. The molecule has 3 heterocycles. The lowest BCUT2D eigenvalue weighted by molar-refractivity contribution is -0.122. The number of β-amino-alcohol motifs (C(OH)–C–C–N with tert-alkyl or cyclic N) is 1. The number of carbonyl (C=O) groups excluding carboxylic acids is 1. The second-order valence-electron chi connectivity index (χ2n) is 5.99. The monoisotopic (exact) mass is 354 g/mol. The number of nitrogens with zero attached hydrogens (tertiary/aromatic N) is 3. The van der Waals surface area contributed by atoms with Crippen LogP contribution in [-0.2, 0) is 9.53 Å². The highest BCUT2D eigenvalue weighted by atomic mass is 16.5. The van der Waals surface area contributed by atoms with E-state index in [1.54, 1.807) is 4.90 Å². The van der Waals surface area contributed by atoms with Crippen molar-refractivity contribution in [2.75, 3.05) is 46.0 Å². The van der Waals surface area contributed by atoms with E-state index in [4.69, 9.17) is 14.6 Å². The molecule has 1 aromatic heterocycles. The van der Waals surface area contributed by atoms with Crippen LogP contribution in [0.1, 0.15) is 41.5 Å². The number of nitrogens with one attached hydrogen (secondary N) is 1. The Labute approximate surface area is 146 Å². The van der Waals surface area contributed by atoms with E-state index >= 15 is 0 Å². The molecule has 3 N–H and O–H groups in total. The summed E-state index contributed by atoms with van der Waals surface area (Å²) in [5.74, 6) is -0.0321. The first-order chi connectivity index (χ1) is 12.2. The largest absolute Gasteiger partial charge is 0.483 e. The highest BCUT2D eigenvalue weighted by molar-refractivity contribution is 5.92. The van der Waals surface area contributed by atoms with Crippen molar-refractivity contribution < 1.29 is 24.5 Å². The van der Waals surface area contributed by atoms with E-state index in [1.165, 1.54) is 6.42 Å². The Bertz CT molecular complexity index is 542. The smallest absolute Gasteiger partial charge is 0.290 e. The third-order valence-electron chi connectivity index (χ3n) is 4.47. The number of aliphatic hydroxyl groups excluding tert-OH is 1. The number of piperidine rings is 1. The fraction of sp³-hybridized carbons (Fsp3) is 0.688. The molecule has 1 amide bonds. The second kappa shape index (κ2) is 10.1. The number of likely N-dealkylation sites (tertiary alicyclic amines) is 1. The zero-order chi connectivity index (χ0) is 18.1. The number of hydrogen-bond acceptors (Lipinski definition) is 6. The fourth-order valence-electron chi connectivity index (χ4n) is 3.28. The summed E-state index contributed by atoms with van der Waals surface area (Å²) in [6.07, 6.45) is 3.36. The number of H-pyrrole nitrogens is 1. The van der Waals surface area contributed by atoms with Crippen LogP contribution in [0.15, 0.2) is 6.07 Å². The summed E-state index contributed by atoms with van der Waals surface area (Å²) < 4.78 is 5.27. The summed E-state index contributed by atoms with van der Waals surface area (Å²) in [7, 11) is 0. The summed E-state index contributed by atoms with van der Waals surface area (Å²) in [4.78, 5) is 24.8. The molecule has 1 atom stereocenters. The van der Waals surface area contributed by atoms with E-state index in [9.17, 15) is 9.90 Å². The van der Waals surface area contributed by atoms with Gasteiger partial charge >= 0.3 is 0 Å². The van der Waals surface area contributed by atoms with Gasteiger partial charge in [0.05, 0.1) is 31.6 Å². The van der Waals surface area contributed by atoms with Crippen molar-refractivity contribution in [2.45, 2.75) is 25.3 Å². The minimum absolute atomic E-state index is 0.0321. The fourth-order valence-corrected chi connectivity index (χ4v) is 3.28. The number of carboxylic acid groups (broad SMARTS) is 1. The van der Waals surface area contributed by atoms with Crippen LogP contribution in [0, 0.1) is 0 Å². The van der Waals surface area contributed by atoms with E-state index in [2.05, 4.69) is 15.1 Å². The van der Waals surface area contributed by atoms with Crippen LogP contribution >= 0.6 is 0 Å². The van der Waals surface area contributed by atoms with Gasteiger partial charge in [-0.2, -0.15) is 5.10 Å². The number of hydrogen-bond donors (Lipinski definition) is 3. The molecule has 0 aromatic carbocycles.